The first kappa shape index (κ1) is 14.5. The van der Waals surface area contributed by atoms with Gasteiger partial charge in [-0.15, -0.1) is 11.6 Å². The van der Waals surface area contributed by atoms with Crippen LogP contribution in [0.5, 0.6) is 0 Å². The third-order valence-corrected chi connectivity index (χ3v) is 2.73. The number of anilines is 1. The first-order chi connectivity index (χ1) is 8.69. The quantitative estimate of drug-likeness (QED) is 0.615. The first-order valence-electron chi connectivity index (χ1n) is 5.86. The normalized spacial score (nSPS) is 9.89. The maximum atomic E-state index is 11.7. The van der Waals surface area contributed by atoms with Crippen molar-refractivity contribution < 1.29 is 9.59 Å². The molecule has 2 N–H and O–H groups in total. The predicted octanol–water partition coefficient (Wildman–Crippen LogP) is 2.39. The summed E-state index contributed by atoms with van der Waals surface area (Å²) in [6, 6.07) is 6.92. The third-order valence-electron chi connectivity index (χ3n) is 2.46. The molecule has 0 fully saturated rings. The summed E-state index contributed by atoms with van der Waals surface area (Å²) >= 11 is 5.55. The number of hydrogen-bond donors (Lipinski definition) is 2. The van der Waals surface area contributed by atoms with Crippen LogP contribution in [0.3, 0.4) is 0 Å². The van der Waals surface area contributed by atoms with E-state index in [4.69, 9.17) is 11.6 Å². The van der Waals surface area contributed by atoms with Gasteiger partial charge in [0.1, 0.15) is 0 Å². The maximum absolute atomic E-state index is 11.7. The molecule has 4 nitrogen and oxygen atoms in total. The number of carbonyl (C=O) groups is 2. The fourth-order valence-corrected chi connectivity index (χ4v) is 1.71. The lowest BCUT2D eigenvalue weighted by atomic mass is 10.1. The number of hydrogen-bond acceptors (Lipinski definition) is 2. The molecule has 18 heavy (non-hydrogen) atoms. The molecule has 2 amide bonds. The Morgan fingerprint density at radius 2 is 1.94 bits per heavy atom. The summed E-state index contributed by atoms with van der Waals surface area (Å²) in [5.41, 5.74) is 0.999. The van der Waals surface area contributed by atoms with Crippen molar-refractivity contribution in [3.05, 3.63) is 29.8 Å². The van der Waals surface area contributed by atoms with Gasteiger partial charge in [0, 0.05) is 19.3 Å². The number of benzene rings is 1. The Kier molecular flexibility index (Phi) is 6.22. The molecule has 0 atom stereocenters. The average Bonchev–Trinajstić information content (AvgIpc) is 2.39. The molecule has 0 saturated carbocycles. The highest BCUT2D eigenvalue weighted by Gasteiger charge is 2.11. The van der Waals surface area contributed by atoms with Gasteiger partial charge < -0.3 is 10.6 Å². The minimum atomic E-state index is -0.216. The highest BCUT2D eigenvalue weighted by atomic mass is 35.5. The van der Waals surface area contributed by atoms with Crippen LogP contribution in [0.4, 0.5) is 5.69 Å². The summed E-state index contributed by atoms with van der Waals surface area (Å²) < 4.78 is 0. The summed E-state index contributed by atoms with van der Waals surface area (Å²) in [7, 11) is 1.56. The van der Waals surface area contributed by atoms with Gasteiger partial charge in [-0.2, -0.15) is 0 Å². The molecule has 0 unspecified atom stereocenters. The van der Waals surface area contributed by atoms with Gasteiger partial charge in [-0.25, -0.2) is 0 Å². The van der Waals surface area contributed by atoms with E-state index >= 15 is 0 Å². The molecule has 0 bridgehead atoms. The number of carbonyl (C=O) groups excluding carboxylic acids is 2. The van der Waals surface area contributed by atoms with Crippen LogP contribution in [-0.2, 0) is 4.79 Å². The highest BCUT2D eigenvalue weighted by molar-refractivity contribution is 6.17. The molecule has 0 saturated heterocycles. The van der Waals surface area contributed by atoms with Crippen LogP contribution in [0.2, 0.25) is 0 Å². The Morgan fingerprint density at radius 1 is 1.22 bits per heavy atom. The zero-order chi connectivity index (χ0) is 13.4. The number of rotatable bonds is 6. The SMILES string of the molecule is CNC(=O)c1ccccc1NC(=O)CCCCCl. The number of para-hydroxylation sites is 1. The molecule has 5 heteroatoms. The van der Waals surface area contributed by atoms with Crippen molar-refractivity contribution in [2.24, 2.45) is 0 Å². The maximum Gasteiger partial charge on any atom is 0.253 e. The smallest absolute Gasteiger partial charge is 0.253 e. The molecule has 1 aromatic carbocycles. The fourth-order valence-electron chi connectivity index (χ4n) is 1.52. The summed E-state index contributed by atoms with van der Waals surface area (Å²) in [6.07, 6.45) is 1.97. The third kappa shape index (κ3) is 4.37. The molecule has 98 valence electrons. The van der Waals surface area contributed by atoms with Crippen LogP contribution < -0.4 is 10.6 Å². The van der Waals surface area contributed by atoms with Crippen molar-refractivity contribution >= 4 is 29.1 Å². The molecule has 0 aliphatic rings. The zero-order valence-corrected chi connectivity index (χ0v) is 11.1. The van der Waals surface area contributed by atoms with Gasteiger partial charge in [-0.05, 0) is 25.0 Å². The Labute approximate surface area is 112 Å². The van der Waals surface area contributed by atoms with E-state index in [2.05, 4.69) is 10.6 Å². The molecular formula is C13H17ClN2O2. The lowest BCUT2D eigenvalue weighted by Crippen LogP contribution is -2.21. The molecule has 0 aromatic heterocycles. The van der Waals surface area contributed by atoms with E-state index in [1.807, 2.05) is 0 Å². The van der Waals surface area contributed by atoms with Crippen LogP contribution in [0.15, 0.2) is 24.3 Å². The van der Waals surface area contributed by atoms with E-state index in [0.717, 1.165) is 12.8 Å². The Balaban J connectivity index is 2.66. The molecule has 0 heterocycles. The lowest BCUT2D eigenvalue weighted by molar-refractivity contribution is -0.116. The number of unbranched alkanes of at least 4 members (excludes halogenated alkanes) is 1. The molecule has 0 radical (unpaired) electrons. The number of amides is 2. The van der Waals surface area contributed by atoms with E-state index in [1.165, 1.54) is 0 Å². The summed E-state index contributed by atoms with van der Waals surface area (Å²) in [6.45, 7) is 0. The topological polar surface area (TPSA) is 58.2 Å². The van der Waals surface area contributed by atoms with E-state index < -0.39 is 0 Å². The van der Waals surface area contributed by atoms with Crippen molar-refractivity contribution in [1.29, 1.82) is 0 Å². The highest BCUT2D eigenvalue weighted by Crippen LogP contribution is 2.15. The molecule has 1 aromatic rings. The molecule has 0 spiro atoms. The zero-order valence-electron chi connectivity index (χ0n) is 10.3. The van der Waals surface area contributed by atoms with Gasteiger partial charge in [0.15, 0.2) is 0 Å². The first-order valence-corrected chi connectivity index (χ1v) is 6.39. The Bertz CT molecular complexity index is 421. The van der Waals surface area contributed by atoms with Gasteiger partial charge in [-0.3, -0.25) is 9.59 Å². The second kappa shape index (κ2) is 7.71. The second-order valence-electron chi connectivity index (χ2n) is 3.82. The van der Waals surface area contributed by atoms with E-state index in [9.17, 15) is 9.59 Å². The van der Waals surface area contributed by atoms with Gasteiger partial charge >= 0.3 is 0 Å². The van der Waals surface area contributed by atoms with Gasteiger partial charge in [0.2, 0.25) is 5.91 Å². The summed E-state index contributed by atoms with van der Waals surface area (Å²) in [4.78, 5) is 23.3. The predicted molar refractivity (Wildman–Crippen MR) is 73.0 cm³/mol. The van der Waals surface area contributed by atoms with E-state index in [0.29, 0.717) is 23.6 Å². The van der Waals surface area contributed by atoms with Crippen LogP contribution in [0.25, 0.3) is 0 Å². The minimum Gasteiger partial charge on any atom is -0.355 e. The number of halogens is 1. The van der Waals surface area contributed by atoms with Crippen LogP contribution in [0.1, 0.15) is 29.6 Å². The van der Waals surface area contributed by atoms with Gasteiger partial charge in [-0.1, -0.05) is 12.1 Å². The van der Waals surface area contributed by atoms with E-state index in [-0.39, 0.29) is 11.8 Å². The number of nitrogens with one attached hydrogen (secondary N) is 2. The summed E-state index contributed by atoms with van der Waals surface area (Å²) in [5.74, 6) is 0.241. The lowest BCUT2D eigenvalue weighted by Gasteiger charge is -2.09. The van der Waals surface area contributed by atoms with Gasteiger partial charge in [0.25, 0.3) is 5.91 Å². The van der Waals surface area contributed by atoms with Crippen molar-refractivity contribution in [1.82, 2.24) is 5.32 Å². The average molecular weight is 269 g/mol. The van der Waals surface area contributed by atoms with Crippen LogP contribution in [0, 0.1) is 0 Å². The fraction of sp³-hybridized carbons (Fsp3) is 0.385. The largest absolute Gasteiger partial charge is 0.355 e. The Morgan fingerprint density at radius 3 is 2.61 bits per heavy atom. The monoisotopic (exact) mass is 268 g/mol. The van der Waals surface area contributed by atoms with Crippen molar-refractivity contribution in [2.45, 2.75) is 19.3 Å². The second-order valence-corrected chi connectivity index (χ2v) is 4.20. The van der Waals surface area contributed by atoms with Crippen LogP contribution >= 0.6 is 11.6 Å². The molecule has 0 aliphatic carbocycles. The van der Waals surface area contributed by atoms with E-state index in [1.54, 1.807) is 31.3 Å². The molecule has 0 aliphatic heterocycles. The van der Waals surface area contributed by atoms with Crippen molar-refractivity contribution in [2.75, 3.05) is 18.2 Å². The minimum absolute atomic E-state index is 0.100. The van der Waals surface area contributed by atoms with Crippen LogP contribution in [-0.4, -0.2) is 24.7 Å². The summed E-state index contributed by atoms with van der Waals surface area (Å²) in [5, 5.41) is 5.28. The van der Waals surface area contributed by atoms with Crippen molar-refractivity contribution in [3.8, 4) is 0 Å². The number of alkyl halides is 1. The standard InChI is InChI=1S/C13H17ClN2O2/c1-15-13(18)10-6-2-3-7-11(10)16-12(17)8-4-5-9-14/h2-3,6-7H,4-5,8-9H2,1H3,(H,15,18)(H,16,17). The Hall–Kier alpha value is -1.55. The molecular weight excluding hydrogens is 252 g/mol. The van der Waals surface area contributed by atoms with Gasteiger partial charge in [0.05, 0.1) is 11.3 Å². The molecule has 1 rings (SSSR count). The van der Waals surface area contributed by atoms with Crippen molar-refractivity contribution in [3.63, 3.8) is 0 Å².